The van der Waals surface area contributed by atoms with Gasteiger partial charge in [0.15, 0.2) is 0 Å². The first-order chi connectivity index (χ1) is 17.2. The van der Waals surface area contributed by atoms with E-state index in [9.17, 15) is 0 Å². The Morgan fingerprint density at radius 2 is 1.06 bits per heavy atom. The third-order valence-corrected chi connectivity index (χ3v) is 9.87. The number of fused-ring (bicyclic) bond motifs is 4. The molecule has 5 aromatic carbocycles. The van der Waals surface area contributed by atoms with E-state index in [1.165, 1.54) is 48.9 Å². The molecule has 0 radical (unpaired) electrons. The molecule has 1 heterocycles. The molecule has 0 bridgehead atoms. The molecule has 0 amide bonds. The van der Waals surface area contributed by atoms with Crippen molar-refractivity contribution < 1.29 is 0 Å². The van der Waals surface area contributed by atoms with Crippen LogP contribution in [0, 0.1) is 13.8 Å². The van der Waals surface area contributed by atoms with Crippen LogP contribution in [0.5, 0.6) is 0 Å². The average molecular weight is 468 g/mol. The highest BCUT2D eigenvalue weighted by Crippen LogP contribution is 2.47. The molecule has 1 aliphatic carbocycles. The monoisotopic (exact) mass is 467 g/mol. The van der Waals surface area contributed by atoms with Gasteiger partial charge in [0, 0.05) is 21.9 Å². The van der Waals surface area contributed by atoms with Crippen molar-refractivity contribution >= 4 is 45.6 Å². The Morgan fingerprint density at radius 3 is 1.63 bits per heavy atom. The highest BCUT2D eigenvalue weighted by molar-refractivity contribution is 7.80. The summed E-state index contributed by atoms with van der Waals surface area (Å²) in [5, 5.41) is 6.84. The number of para-hydroxylation sites is 2. The number of hydrogen-bond donors (Lipinski definition) is 0. The minimum absolute atomic E-state index is 0.945. The van der Waals surface area contributed by atoms with Gasteiger partial charge in [-0.15, -0.1) is 0 Å². The fourth-order valence-electron chi connectivity index (χ4n) is 5.31. The zero-order valence-electron chi connectivity index (χ0n) is 19.7. The molecular formula is C32H24N2P+. The van der Waals surface area contributed by atoms with Crippen molar-refractivity contribution in [3.63, 3.8) is 0 Å². The average Bonchev–Trinajstić information content (AvgIpc) is 3.20. The van der Waals surface area contributed by atoms with Gasteiger partial charge in [0.2, 0.25) is 0 Å². The summed E-state index contributed by atoms with van der Waals surface area (Å²) >= 11 is 0. The summed E-state index contributed by atoms with van der Waals surface area (Å²) in [5.41, 5.74) is 8.86. The van der Waals surface area contributed by atoms with Crippen molar-refractivity contribution in [3.8, 4) is 22.5 Å². The van der Waals surface area contributed by atoms with Crippen molar-refractivity contribution in [2.45, 2.75) is 13.8 Å². The van der Waals surface area contributed by atoms with Crippen LogP contribution in [0.25, 0.3) is 44.3 Å². The summed E-state index contributed by atoms with van der Waals surface area (Å²) in [4.78, 5) is 10.1. The van der Waals surface area contributed by atoms with E-state index >= 15 is 0 Å². The fraction of sp³-hybridized carbons (Fsp3) is 0.0625. The highest BCUT2D eigenvalue weighted by Gasteiger charge is 2.32. The van der Waals surface area contributed by atoms with Crippen LogP contribution >= 0.6 is 7.92 Å². The van der Waals surface area contributed by atoms with E-state index in [4.69, 9.17) is 9.97 Å². The molecule has 0 saturated heterocycles. The molecule has 0 saturated carbocycles. The number of aromatic nitrogens is 2. The van der Waals surface area contributed by atoms with Gasteiger partial charge in [-0.25, -0.2) is 9.97 Å². The van der Waals surface area contributed by atoms with Gasteiger partial charge in [0.05, 0.1) is 30.3 Å². The van der Waals surface area contributed by atoms with Crippen LogP contribution in [0.15, 0.2) is 103 Å². The molecule has 0 unspecified atom stereocenters. The third-order valence-electron chi connectivity index (χ3n) is 7.07. The molecule has 35 heavy (non-hydrogen) atoms. The number of aryl methyl sites for hydroxylation is 2. The summed E-state index contributed by atoms with van der Waals surface area (Å²) in [6, 6.07) is 37.7. The summed E-state index contributed by atoms with van der Waals surface area (Å²) < 4.78 is 0. The Kier molecular flexibility index (Phi) is 4.59. The number of nitrogens with zero attached hydrogens (tertiary/aromatic N) is 2. The molecule has 7 rings (SSSR count). The topological polar surface area (TPSA) is 25.8 Å². The summed E-state index contributed by atoms with van der Waals surface area (Å²) in [6.07, 6.45) is 0. The van der Waals surface area contributed by atoms with Crippen LogP contribution in [0.4, 0.5) is 0 Å². The van der Waals surface area contributed by atoms with Gasteiger partial charge in [-0.1, -0.05) is 65.7 Å². The van der Waals surface area contributed by atoms with Crippen LogP contribution in [0.3, 0.4) is 0 Å². The second-order valence-corrected chi connectivity index (χ2v) is 11.8. The smallest absolute Gasteiger partial charge is 0.110 e. The minimum Gasteiger partial charge on any atom is -0.244 e. The van der Waals surface area contributed by atoms with Gasteiger partial charge >= 0.3 is 0 Å². The maximum atomic E-state index is 5.05. The Hall–Kier alpha value is -3.87. The molecule has 0 fully saturated rings. The highest BCUT2D eigenvalue weighted by atomic mass is 31.1. The van der Waals surface area contributed by atoms with Crippen molar-refractivity contribution in [3.05, 3.63) is 114 Å². The number of rotatable bonds is 3. The lowest BCUT2D eigenvalue weighted by Gasteiger charge is -2.14. The Morgan fingerprint density at radius 1 is 0.514 bits per heavy atom. The van der Waals surface area contributed by atoms with Crippen LogP contribution in [-0.4, -0.2) is 9.97 Å². The van der Waals surface area contributed by atoms with Gasteiger partial charge < -0.3 is 0 Å². The van der Waals surface area contributed by atoms with E-state index in [0.717, 1.165) is 22.4 Å². The summed E-state index contributed by atoms with van der Waals surface area (Å²) in [5.74, 6) is 0. The number of hydrogen-bond acceptors (Lipinski definition) is 2. The van der Waals surface area contributed by atoms with E-state index in [1.54, 1.807) is 0 Å². The molecule has 1 aromatic heterocycles. The fourth-order valence-corrected chi connectivity index (χ4v) is 8.00. The first kappa shape index (κ1) is 20.5. The zero-order valence-corrected chi connectivity index (χ0v) is 20.7. The van der Waals surface area contributed by atoms with E-state index in [-0.39, 0.29) is 0 Å². The zero-order chi connectivity index (χ0) is 23.5. The quantitative estimate of drug-likeness (QED) is 0.276. The van der Waals surface area contributed by atoms with Gasteiger partial charge in [-0.3, -0.25) is 0 Å². The SMILES string of the molecule is Cc1ccc([PH+](c2ccc(C)cc2)c2ccc3c4c(cccc24)-c2nc4ccccc4nc2-3)cc1. The second kappa shape index (κ2) is 7.83. The van der Waals surface area contributed by atoms with Crippen LogP contribution in [-0.2, 0) is 0 Å². The lowest BCUT2D eigenvalue weighted by molar-refractivity contribution is 1.32. The normalized spacial score (nSPS) is 12.0. The largest absolute Gasteiger partial charge is 0.244 e. The van der Waals surface area contributed by atoms with Gasteiger partial charge in [-0.2, -0.15) is 0 Å². The molecule has 2 nitrogen and oxygen atoms in total. The first-order valence-corrected chi connectivity index (χ1v) is 13.5. The minimum atomic E-state index is -1.21. The van der Waals surface area contributed by atoms with Crippen molar-refractivity contribution in [2.75, 3.05) is 0 Å². The lowest BCUT2D eigenvalue weighted by atomic mass is 10.0. The predicted molar refractivity (Wildman–Crippen MR) is 151 cm³/mol. The Labute approximate surface area is 206 Å². The molecule has 1 aliphatic rings. The molecule has 0 atom stereocenters. The van der Waals surface area contributed by atoms with Crippen molar-refractivity contribution in [1.82, 2.24) is 9.97 Å². The lowest BCUT2D eigenvalue weighted by Crippen LogP contribution is -2.21. The van der Waals surface area contributed by atoms with E-state index in [1.807, 2.05) is 24.3 Å². The van der Waals surface area contributed by atoms with E-state index in [2.05, 4.69) is 92.7 Å². The Balaban J connectivity index is 1.50. The van der Waals surface area contributed by atoms with Crippen LogP contribution < -0.4 is 15.9 Å². The Bertz CT molecular complexity index is 1660. The molecule has 6 aromatic rings. The summed E-state index contributed by atoms with van der Waals surface area (Å²) in [6.45, 7) is 4.31. The third kappa shape index (κ3) is 3.21. The van der Waals surface area contributed by atoms with E-state index < -0.39 is 7.92 Å². The standard InChI is InChI=1S/C32H23N2P/c1-20-10-14-22(15-11-20)35(23-16-12-21(2)13-17-23)29-19-18-26-30-24(29)6-5-7-25(30)31-32(26)34-28-9-4-3-8-27(28)33-31/h3-19H,1-2H3/p+1. The molecule has 166 valence electrons. The van der Waals surface area contributed by atoms with Gasteiger partial charge in [0.1, 0.15) is 15.9 Å². The first-order valence-electron chi connectivity index (χ1n) is 12.0. The second-order valence-electron chi connectivity index (χ2n) is 9.41. The maximum absolute atomic E-state index is 5.05. The molecule has 0 spiro atoms. The van der Waals surface area contributed by atoms with Crippen LogP contribution in [0.1, 0.15) is 11.1 Å². The molecule has 0 N–H and O–H groups in total. The predicted octanol–water partition coefficient (Wildman–Crippen LogP) is 6.54. The van der Waals surface area contributed by atoms with Gasteiger partial charge in [-0.05, 0) is 62.4 Å². The molecular weight excluding hydrogens is 443 g/mol. The number of benzene rings is 5. The van der Waals surface area contributed by atoms with Crippen molar-refractivity contribution in [2.24, 2.45) is 0 Å². The van der Waals surface area contributed by atoms with Gasteiger partial charge in [0.25, 0.3) is 0 Å². The summed E-state index contributed by atoms with van der Waals surface area (Å²) in [7, 11) is -1.21. The van der Waals surface area contributed by atoms with Crippen molar-refractivity contribution in [1.29, 1.82) is 0 Å². The maximum Gasteiger partial charge on any atom is 0.110 e. The van der Waals surface area contributed by atoms with E-state index in [0.29, 0.717) is 0 Å². The molecule has 3 heteroatoms. The van der Waals surface area contributed by atoms with Crippen LogP contribution in [0.2, 0.25) is 0 Å². The molecule has 0 aliphatic heterocycles.